The lowest BCUT2D eigenvalue weighted by Gasteiger charge is -2.22. The van der Waals surface area contributed by atoms with Gasteiger partial charge < -0.3 is 5.73 Å². The summed E-state index contributed by atoms with van der Waals surface area (Å²) >= 11 is 7.23. The third-order valence-electron chi connectivity index (χ3n) is 3.62. The summed E-state index contributed by atoms with van der Waals surface area (Å²) in [7, 11) is 0. The number of halogens is 4. The van der Waals surface area contributed by atoms with E-state index in [-0.39, 0.29) is 10.9 Å². The lowest BCUT2D eigenvalue weighted by Crippen LogP contribution is -2.11. The van der Waals surface area contributed by atoms with Gasteiger partial charge in [-0.2, -0.15) is 13.2 Å². The lowest BCUT2D eigenvalue weighted by molar-refractivity contribution is -0.137. The summed E-state index contributed by atoms with van der Waals surface area (Å²) in [5.74, 6) is -0.108. The van der Waals surface area contributed by atoms with Crippen LogP contribution in [0.25, 0.3) is 0 Å². The van der Waals surface area contributed by atoms with Crippen LogP contribution >= 0.6 is 22.9 Å². The molecule has 0 aliphatic heterocycles. The van der Waals surface area contributed by atoms with Gasteiger partial charge in [-0.25, -0.2) is 4.98 Å². The highest BCUT2D eigenvalue weighted by Crippen LogP contribution is 2.43. The number of alkyl halides is 3. The molecular formula is C14H12ClF3N2S. The first kappa shape index (κ1) is 14.7. The van der Waals surface area contributed by atoms with E-state index < -0.39 is 11.7 Å². The normalized spacial score (nSPS) is 18.6. The number of thiazole rings is 1. The Morgan fingerprint density at radius 1 is 1.29 bits per heavy atom. The quantitative estimate of drug-likeness (QED) is 0.809. The van der Waals surface area contributed by atoms with Crippen molar-refractivity contribution in [1.29, 1.82) is 0 Å². The van der Waals surface area contributed by atoms with Gasteiger partial charge in [0.1, 0.15) is 0 Å². The third-order valence-corrected chi connectivity index (χ3v) is 4.88. The third kappa shape index (κ3) is 2.87. The first-order valence-corrected chi connectivity index (χ1v) is 7.67. The van der Waals surface area contributed by atoms with Gasteiger partial charge in [0, 0.05) is 15.8 Å². The molecule has 0 radical (unpaired) electrons. The van der Waals surface area contributed by atoms with E-state index in [9.17, 15) is 13.2 Å². The highest BCUT2D eigenvalue weighted by Gasteiger charge is 2.33. The Kier molecular flexibility index (Phi) is 3.61. The molecule has 0 spiro atoms. The van der Waals surface area contributed by atoms with Crippen molar-refractivity contribution in [3.63, 3.8) is 0 Å². The molecule has 0 amide bonds. The van der Waals surface area contributed by atoms with E-state index in [1.54, 1.807) is 6.07 Å². The van der Waals surface area contributed by atoms with E-state index in [2.05, 4.69) is 4.98 Å². The molecule has 1 aromatic carbocycles. The number of aryl methyl sites for hydroxylation is 1. The summed E-state index contributed by atoms with van der Waals surface area (Å²) in [6, 6.07) is 3.74. The molecule has 2 nitrogen and oxygen atoms in total. The van der Waals surface area contributed by atoms with Gasteiger partial charge in [0.25, 0.3) is 0 Å². The molecule has 3 rings (SSSR count). The van der Waals surface area contributed by atoms with E-state index in [4.69, 9.17) is 17.3 Å². The van der Waals surface area contributed by atoms with Crippen molar-refractivity contribution in [2.75, 3.05) is 5.73 Å². The van der Waals surface area contributed by atoms with Crippen molar-refractivity contribution in [3.05, 3.63) is 44.9 Å². The Hall–Kier alpha value is -1.27. The molecule has 0 fully saturated rings. The van der Waals surface area contributed by atoms with Crippen molar-refractivity contribution < 1.29 is 13.2 Å². The first-order chi connectivity index (χ1) is 9.84. The fourth-order valence-electron chi connectivity index (χ4n) is 2.73. The SMILES string of the molecule is Nc1nc2c(s1)C(c1cc(Cl)cc(C(F)(F)F)c1)CCC2. The fraction of sp³-hybridized carbons (Fsp3) is 0.357. The first-order valence-electron chi connectivity index (χ1n) is 6.47. The highest BCUT2D eigenvalue weighted by atomic mass is 35.5. The standard InChI is InChI=1S/C14H12ClF3N2S/c15-9-5-7(4-8(6-9)14(16,17)18)10-2-1-3-11-12(10)21-13(19)20-11/h4-6,10H,1-3H2,(H2,19,20). The van der Waals surface area contributed by atoms with Crippen LogP contribution in [0.1, 0.15) is 40.5 Å². The fourth-order valence-corrected chi connectivity index (χ4v) is 4.02. The molecule has 0 saturated carbocycles. The van der Waals surface area contributed by atoms with Crippen LogP contribution in [-0.4, -0.2) is 4.98 Å². The zero-order valence-electron chi connectivity index (χ0n) is 10.9. The number of fused-ring (bicyclic) bond motifs is 1. The number of benzene rings is 1. The molecule has 1 aromatic heterocycles. The minimum absolute atomic E-state index is 0.101. The van der Waals surface area contributed by atoms with Crippen molar-refractivity contribution in [1.82, 2.24) is 4.98 Å². The number of nitrogen functional groups attached to an aromatic ring is 1. The van der Waals surface area contributed by atoms with E-state index >= 15 is 0 Å². The van der Waals surface area contributed by atoms with Crippen LogP contribution in [0, 0.1) is 0 Å². The summed E-state index contributed by atoms with van der Waals surface area (Å²) in [4.78, 5) is 5.23. The maximum Gasteiger partial charge on any atom is 0.416 e. The van der Waals surface area contributed by atoms with Crippen molar-refractivity contribution in [2.45, 2.75) is 31.4 Å². The van der Waals surface area contributed by atoms with Crippen LogP contribution in [0.4, 0.5) is 18.3 Å². The number of hydrogen-bond acceptors (Lipinski definition) is 3. The van der Waals surface area contributed by atoms with Gasteiger partial charge in [-0.1, -0.05) is 11.6 Å². The monoisotopic (exact) mass is 332 g/mol. The van der Waals surface area contributed by atoms with Crippen LogP contribution in [-0.2, 0) is 12.6 Å². The minimum Gasteiger partial charge on any atom is -0.375 e. The molecule has 0 saturated heterocycles. The number of nitrogens with two attached hydrogens (primary N) is 1. The van der Waals surface area contributed by atoms with E-state index in [1.807, 2.05) is 0 Å². The van der Waals surface area contributed by atoms with Crippen LogP contribution in [0.3, 0.4) is 0 Å². The Bertz CT molecular complexity index is 681. The van der Waals surface area contributed by atoms with Crippen LogP contribution in [0.15, 0.2) is 18.2 Å². The molecule has 1 aliphatic rings. The largest absolute Gasteiger partial charge is 0.416 e. The summed E-state index contributed by atoms with van der Waals surface area (Å²) in [5, 5.41) is 0.564. The van der Waals surface area contributed by atoms with Gasteiger partial charge in [0.15, 0.2) is 5.13 Å². The van der Waals surface area contributed by atoms with Crippen LogP contribution in [0.5, 0.6) is 0 Å². The van der Waals surface area contributed by atoms with Gasteiger partial charge in [0.05, 0.1) is 11.3 Å². The summed E-state index contributed by atoms with van der Waals surface area (Å²) in [5.41, 5.74) is 6.50. The van der Waals surface area contributed by atoms with Gasteiger partial charge in [-0.05, 0) is 43.0 Å². The topological polar surface area (TPSA) is 38.9 Å². The average molecular weight is 333 g/mol. The highest BCUT2D eigenvalue weighted by molar-refractivity contribution is 7.15. The van der Waals surface area contributed by atoms with Crippen LogP contribution < -0.4 is 5.73 Å². The van der Waals surface area contributed by atoms with Gasteiger partial charge in [-0.3, -0.25) is 0 Å². The maximum atomic E-state index is 12.9. The van der Waals surface area contributed by atoms with Crippen molar-refractivity contribution in [2.24, 2.45) is 0 Å². The maximum absolute atomic E-state index is 12.9. The van der Waals surface area contributed by atoms with E-state index in [0.29, 0.717) is 10.7 Å². The summed E-state index contributed by atoms with van der Waals surface area (Å²) < 4.78 is 38.8. The second-order valence-electron chi connectivity index (χ2n) is 5.08. The van der Waals surface area contributed by atoms with E-state index in [0.717, 1.165) is 35.9 Å². The smallest absolute Gasteiger partial charge is 0.375 e. The van der Waals surface area contributed by atoms with Gasteiger partial charge >= 0.3 is 6.18 Å². The average Bonchev–Trinajstić information content (AvgIpc) is 2.76. The number of nitrogens with zero attached hydrogens (tertiary/aromatic N) is 1. The number of hydrogen-bond donors (Lipinski definition) is 1. The predicted molar refractivity (Wildman–Crippen MR) is 77.8 cm³/mol. The molecule has 7 heteroatoms. The molecule has 2 aromatic rings. The van der Waals surface area contributed by atoms with Gasteiger partial charge in [0.2, 0.25) is 0 Å². The molecule has 21 heavy (non-hydrogen) atoms. The second-order valence-corrected chi connectivity index (χ2v) is 6.58. The Balaban J connectivity index is 2.07. The molecule has 112 valence electrons. The summed E-state index contributed by atoms with van der Waals surface area (Å²) in [6.07, 6.45) is -1.91. The number of anilines is 1. The summed E-state index contributed by atoms with van der Waals surface area (Å²) in [6.45, 7) is 0. The zero-order valence-corrected chi connectivity index (χ0v) is 12.4. The predicted octanol–water partition coefficient (Wildman–Crippen LogP) is 4.87. The Labute approximate surface area is 128 Å². The van der Waals surface area contributed by atoms with Crippen molar-refractivity contribution in [3.8, 4) is 0 Å². The molecule has 1 unspecified atom stereocenters. The number of aromatic nitrogens is 1. The van der Waals surface area contributed by atoms with E-state index in [1.165, 1.54) is 17.4 Å². The second kappa shape index (κ2) is 5.18. The molecule has 2 N–H and O–H groups in total. The van der Waals surface area contributed by atoms with Gasteiger partial charge in [-0.15, -0.1) is 11.3 Å². The molecule has 1 heterocycles. The Morgan fingerprint density at radius 3 is 2.76 bits per heavy atom. The number of rotatable bonds is 1. The minimum atomic E-state index is -4.40. The van der Waals surface area contributed by atoms with Crippen LogP contribution in [0.2, 0.25) is 5.02 Å². The van der Waals surface area contributed by atoms with Crippen molar-refractivity contribution >= 4 is 28.1 Å². The molecule has 1 aliphatic carbocycles. The molecule has 1 atom stereocenters. The molecule has 0 bridgehead atoms. The zero-order chi connectivity index (χ0) is 15.2. The lowest BCUT2D eigenvalue weighted by atomic mass is 9.85. The Morgan fingerprint density at radius 2 is 2.05 bits per heavy atom. The molecular weight excluding hydrogens is 321 g/mol.